The van der Waals surface area contributed by atoms with E-state index in [2.05, 4.69) is 0 Å². The van der Waals surface area contributed by atoms with E-state index in [9.17, 15) is 14.4 Å². The van der Waals surface area contributed by atoms with Crippen LogP contribution in [0, 0.1) is 0 Å². The van der Waals surface area contributed by atoms with Gasteiger partial charge < -0.3 is 28.4 Å². The van der Waals surface area contributed by atoms with Gasteiger partial charge in [0.25, 0.3) is 5.97 Å². The molecular weight excluding hydrogens is 340 g/mol. The summed E-state index contributed by atoms with van der Waals surface area (Å²) in [6.07, 6.45) is -4.86. The van der Waals surface area contributed by atoms with E-state index in [4.69, 9.17) is 33.2 Å². The van der Waals surface area contributed by atoms with Gasteiger partial charge in [-0.1, -0.05) is 0 Å². The predicted octanol–water partition coefficient (Wildman–Crippen LogP) is -0.127. The van der Waals surface area contributed by atoms with Gasteiger partial charge in [-0.3, -0.25) is 19.1 Å². The Labute approximate surface area is 144 Å². The molecule has 0 bridgehead atoms. The van der Waals surface area contributed by atoms with Gasteiger partial charge in [-0.25, -0.2) is 0 Å². The number of fused-ring (bicyclic) bond motifs is 1. The molecule has 6 atom stereocenters. The molecule has 2 aliphatic rings. The van der Waals surface area contributed by atoms with E-state index in [1.165, 1.54) is 34.8 Å². The van der Waals surface area contributed by atoms with Crippen LogP contribution in [-0.2, 0) is 47.5 Å². The van der Waals surface area contributed by atoms with Crippen LogP contribution in [0.15, 0.2) is 0 Å². The molecule has 10 nitrogen and oxygen atoms in total. The maximum atomic E-state index is 11.5. The molecule has 2 heterocycles. The first kappa shape index (κ1) is 19.6. The fourth-order valence-electron chi connectivity index (χ4n) is 2.67. The topological polar surface area (TPSA) is 116 Å². The molecule has 142 valence electrons. The summed E-state index contributed by atoms with van der Waals surface area (Å²) in [5.74, 6) is -3.19. The summed E-state index contributed by atoms with van der Waals surface area (Å²) in [6, 6.07) is 0. The number of carbonyl (C=O) groups is 3. The Morgan fingerprint density at radius 1 is 0.960 bits per heavy atom. The van der Waals surface area contributed by atoms with Crippen molar-refractivity contribution in [1.29, 1.82) is 0 Å². The second-order valence-corrected chi connectivity index (χ2v) is 5.76. The Hall–Kier alpha value is -1.75. The molecule has 2 aliphatic heterocycles. The summed E-state index contributed by atoms with van der Waals surface area (Å²) < 4.78 is 37.6. The molecule has 0 amide bonds. The molecule has 0 radical (unpaired) electrons. The zero-order valence-corrected chi connectivity index (χ0v) is 14.7. The van der Waals surface area contributed by atoms with Crippen molar-refractivity contribution in [3.05, 3.63) is 0 Å². The first-order chi connectivity index (χ1) is 11.6. The maximum absolute atomic E-state index is 11.5. The highest BCUT2D eigenvalue weighted by molar-refractivity contribution is 5.67. The Bertz CT molecular complexity index is 534. The highest BCUT2D eigenvalue weighted by atomic mass is 16.9. The summed E-state index contributed by atoms with van der Waals surface area (Å²) in [5.41, 5.74) is 0. The van der Waals surface area contributed by atoms with Crippen LogP contribution in [-0.4, -0.2) is 68.3 Å². The molecule has 10 heteroatoms. The van der Waals surface area contributed by atoms with E-state index in [-0.39, 0.29) is 6.61 Å². The van der Waals surface area contributed by atoms with Gasteiger partial charge >= 0.3 is 17.9 Å². The highest BCUT2D eigenvalue weighted by Gasteiger charge is 2.59. The molecule has 0 aromatic carbocycles. The smallest absolute Gasteiger partial charge is 0.303 e. The van der Waals surface area contributed by atoms with Crippen LogP contribution in [0.5, 0.6) is 0 Å². The number of hydrogen-bond acceptors (Lipinski definition) is 10. The van der Waals surface area contributed by atoms with Gasteiger partial charge in [-0.05, 0) is 0 Å². The molecule has 2 fully saturated rings. The molecule has 2 unspecified atom stereocenters. The predicted molar refractivity (Wildman–Crippen MR) is 77.8 cm³/mol. The molecular formula is C15H22O10. The third-order valence-electron chi connectivity index (χ3n) is 3.70. The molecule has 0 aromatic heterocycles. The molecule has 0 aromatic rings. The van der Waals surface area contributed by atoms with Gasteiger partial charge in [0, 0.05) is 34.8 Å². The monoisotopic (exact) mass is 362 g/mol. The van der Waals surface area contributed by atoms with E-state index in [1.807, 2.05) is 0 Å². The molecule has 25 heavy (non-hydrogen) atoms. The van der Waals surface area contributed by atoms with Crippen LogP contribution in [0.4, 0.5) is 0 Å². The van der Waals surface area contributed by atoms with Crippen molar-refractivity contribution in [2.45, 2.75) is 64.4 Å². The largest absolute Gasteiger partial charge is 0.463 e. The van der Waals surface area contributed by atoms with Crippen molar-refractivity contribution in [3.63, 3.8) is 0 Å². The molecule has 2 rings (SSSR count). The highest BCUT2D eigenvalue weighted by Crippen LogP contribution is 2.39. The lowest BCUT2D eigenvalue weighted by molar-refractivity contribution is -0.334. The third kappa shape index (κ3) is 4.66. The van der Waals surface area contributed by atoms with E-state index in [0.717, 1.165) is 0 Å². The average molecular weight is 362 g/mol. The Balaban J connectivity index is 2.29. The number of hydrogen-bond donors (Lipinski definition) is 0. The van der Waals surface area contributed by atoms with Gasteiger partial charge in [0.05, 0.1) is 0 Å². The van der Waals surface area contributed by atoms with Crippen molar-refractivity contribution >= 4 is 17.9 Å². The lowest BCUT2D eigenvalue weighted by atomic mass is 9.98. The van der Waals surface area contributed by atoms with Crippen LogP contribution in [0.1, 0.15) is 27.7 Å². The van der Waals surface area contributed by atoms with E-state index in [0.29, 0.717) is 0 Å². The lowest BCUT2D eigenvalue weighted by Crippen LogP contribution is -2.60. The first-order valence-electron chi connectivity index (χ1n) is 7.69. The van der Waals surface area contributed by atoms with Gasteiger partial charge in [0.2, 0.25) is 0 Å². The standard InChI is InChI=1S/C15H22O10/c1-7(16)20-6-10-11(21-8(2)17)12(22-9(3)18)13-14(23-10)25-15(4,19-5)24-13/h10-14H,6H2,1-5H3/t10-,11-,12+,13-,14?,15?/m1/s1. The molecule has 0 N–H and O–H groups in total. The zero-order valence-electron chi connectivity index (χ0n) is 14.7. The van der Waals surface area contributed by atoms with Crippen molar-refractivity contribution < 1.29 is 47.5 Å². The van der Waals surface area contributed by atoms with Crippen LogP contribution < -0.4 is 0 Å². The fourth-order valence-corrected chi connectivity index (χ4v) is 2.67. The minimum atomic E-state index is -1.43. The summed E-state index contributed by atoms with van der Waals surface area (Å²) in [7, 11) is 1.37. The minimum absolute atomic E-state index is 0.221. The normalized spacial score (nSPS) is 37.1. The second-order valence-electron chi connectivity index (χ2n) is 5.76. The Morgan fingerprint density at radius 3 is 2.08 bits per heavy atom. The average Bonchev–Trinajstić information content (AvgIpc) is 2.84. The number of rotatable bonds is 5. The van der Waals surface area contributed by atoms with Gasteiger partial charge in [-0.2, -0.15) is 0 Å². The third-order valence-corrected chi connectivity index (χ3v) is 3.70. The van der Waals surface area contributed by atoms with Crippen LogP contribution in [0.25, 0.3) is 0 Å². The number of methoxy groups -OCH3 is 1. The van der Waals surface area contributed by atoms with Crippen molar-refractivity contribution in [2.24, 2.45) is 0 Å². The van der Waals surface area contributed by atoms with Gasteiger partial charge in [0.1, 0.15) is 12.7 Å². The molecule has 0 aliphatic carbocycles. The molecule has 2 saturated heterocycles. The number of esters is 3. The van der Waals surface area contributed by atoms with E-state index >= 15 is 0 Å². The Morgan fingerprint density at radius 2 is 1.56 bits per heavy atom. The fraction of sp³-hybridized carbons (Fsp3) is 0.800. The SMILES string of the molecule is COC1(C)OC2O[C@H](COC(C)=O)[C@@H](OC(C)=O)[C@H](OC(C)=O)[C@H]2O1. The summed E-state index contributed by atoms with van der Waals surface area (Å²) in [4.78, 5) is 34.1. The molecule has 0 spiro atoms. The number of carbonyl (C=O) groups excluding carboxylic acids is 3. The minimum Gasteiger partial charge on any atom is -0.463 e. The second kappa shape index (κ2) is 7.65. The van der Waals surface area contributed by atoms with Gasteiger partial charge in [0.15, 0.2) is 24.6 Å². The van der Waals surface area contributed by atoms with E-state index in [1.54, 1.807) is 0 Å². The van der Waals surface area contributed by atoms with Crippen LogP contribution >= 0.6 is 0 Å². The summed E-state index contributed by atoms with van der Waals surface area (Å²) in [5, 5.41) is 0. The van der Waals surface area contributed by atoms with Gasteiger partial charge in [-0.15, -0.1) is 0 Å². The van der Waals surface area contributed by atoms with E-state index < -0.39 is 54.6 Å². The molecule has 0 saturated carbocycles. The van der Waals surface area contributed by atoms with Crippen LogP contribution in [0.3, 0.4) is 0 Å². The Kier molecular flexibility index (Phi) is 5.99. The van der Waals surface area contributed by atoms with Crippen molar-refractivity contribution in [2.75, 3.05) is 13.7 Å². The summed E-state index contributed by atoms with van der Waals surface area (Å²) in [6.45, 7) is 4.93. The zero-order chi connectivity index (χ0) is 18.8. The van der Waals surface area contributed by atoms with Crippen LogP contribution in [0.2, 0.25) is 0 Å². The quantitative estimate of drug-likeness (QED) is 0.484. The van der Waals surface area contributed by atoms with Crippen molar-refractivity contribution in [3.8, 4) is 0 Å². The van der Waals surface area contributed by atoms with Crippen molar-refractivity contribution in [1.82, 2.24) is 0 Å². The maximum Gasteiger partial charge on any atom is 0.303 e. The first-order valence-corrected chi connectivity index (χ1v) is 7.69. The lowest BCUT2D eigenvalue weighted by Gasteiger charge is -2.40. The summed E-state index contributed by atoms with van der Waals surface area (Å²) >= 11 is 0. The number of ether oxygens (including phenoxy) is 7.